The molecule has 1 amide bonds. The van der Waals surface area contributed by atoms with Gasteiger partial charge in [0.15, 0.2) is 11.2 Å². The zero-order valence-electron chi connectivity index (χ0n) is 16.7. The number of nitrogens with zero attached hydrogens (tertiary/aromatic N) is 2. The van der Waals surface area contributed by atoms with Crippen molar-refractivity contribution < 1.29 is 18.5 Å². The van der Waals surface area contributed by atoms with Crippen molar-refractivity contribution in [1.29, 1.82) is 0 Å². The molecule has 156 valence electrons. The number of aromatic nitrogens is 1. The quantitative estimate of drug-likeness (QED) is 0.452. The highest BCUT2D eigenvalue weighted by atomic mass is 35.5. The van der Waals surface area contributed by atoms with Gasteiger partial charge in [0.25, 0.3) is 5.91 Å². The van der Waals surface area contributed by atoms with E-state index in [-0.39, 0.29) is 16.8 Å². The second-order valence-corrected chi connectivity index (χ2v) is 7.63. The molecule has 0 aliphatic carbocycles. The summed E-state index contributed by atoms with van der Waals surface area (Å²) in [6.45, 7) is 4.10. The van der Waals surface area contributed by atoms with Gasteiger partial charge in [-0.15, -0.1) is 0 Å². The van der Waals surface area contributed by atoms with Crippen molar-refractivity contribution in [2.24, 2.45) is 0 Å². The van der Waals surface area contributed by atoms with Gasteiger partial charge in [-0.1, -0.05) is 28.9 Å². The van der Waals surface area contributed by atoms with E-state index in [0.29, 0.717) is 45.5 Å². The van der Waals surface area contributed by atoms with Crippen molar-refractivity contribution in [3.8, 4) is 5.75 Å². The second-order valence-electron chi connectivity index (χ2n) is 7.19. The summed E-state index contributed by atoms with van der Waals surface area (Å²) in [5.41, 5.74) is 0.893. The molecule has 2 aromatic heterocycles. The van der Waals surface area contributed by atoms with Crippen LogP contribution in [-0.4, -0.2) is 17.7 Å². The topological polar surface area (TPSA) is 85.8 Å². The summed E-state index contributed by atoms with van der Waals surface area (Å²) in [5.74, 6) is 0.973. The molecule has 1 aliphatic rings. The van der Waals surface area contributed by atoms with Crippen molar-refractivity contribution in [1.82, 2.24) is 5.16 Å². The van der Waals surface area contributed by atoms with E-state index < -0.39 is 11.9 Å². The molecule has 0 saturated carbocycles. The van der Waals surface area contributed by atoms with Crippen LogP contribution in [0.2, 0.25) is 5.02 Å². The Labute approximate surface area is 181 Å². The molecule has 3 heterocycles. The Morgan fingerprint density at radius 1 is 1.16 bits per heavy atom. The predicted octanol–water partition coefficient (Wildman–Crippen LogP) is 4.89. The smallest absolute Gasteiger partial charge is 0.296 e. The van der Waals surface area contributed by atoms with E-state index in [4.69, 9.17) is 25.3 Å². The lowest BCUT2D eigenvalue weighted by molar-refractivity contribution is 0.0969. The number of fused-ring (bicyclic) bond motifs is 2. The Kier molecular flexibility index (Phi) is 4.55. The largest absolute Gasteiger partial charge is 0.494 e. The van der Waals surface area contributed by atoms with Crippen LogP contribution in [0.15, 0.2) is 62.3 Å². The van der Waals surface area contributed by atoms with Gasteiger partial charge in [-0.2, -0.15) is 0 Å². The van der Waals surface area contributed by atoms with Gasteiger partial charge in [-0.05, 0) is 49.7 Å². The van der Waals surface area contributed by atoms with Crippen LogP contribution in [0.1, 0.15) is 40.4 Å². The van der Waals surface area contributed by atoms with E-state index in [2.05, 4.69) is 5.16 Å². The Bertz CT molecular complexity index is 1390. The second kappa shape index (κ2) is 7.28. The third-order valence-corrected chi connectivity index (χ3v) is 5.41. The maximum atomic E-state index is 13.5. The number of carbonyl (C=O) groups is 1. The number of aryl methyl sites for hydroxylation is 1. The normalized spacial score (nSPS) is 15.5. The highest BCUT2D eigenvalue weighted by Crippen LogP contribution is 2.41. The van der Waals surface area contributed by atoms with E-state index in [1.165, 1.54) is 4.90 Å². The van der Waals surface area contributed by atoms with Gasteiger partial charge in [0.1, 0.15) is 17.1 Å². The third kappa shape index (κ3) is 3.09. The zero-order valence-corrected chi connectivity index (χ0v) is 17.5. The van der Waals surface area contributed by atoms with Crippen LogP contribution in [0.25, 0.3) is 11.0 Å². The van der Waals surface area contributed by atoms with Gasteiger partial charge in [0.2, 0.25) is 5.76 Å². The van der Waals surface area contributed by atoms with E-state index in [1.54, 1.807) is 37.3 Å². The van der Waals surface area contributed by atoms with Crippen LogP contribution >= 0.6 is 11.6 Å². The lowest BCUT2D eigenvalue weighted by atomic mass is 9.98. The molecule has 31 heavy (non-hydrogen) atoms. The summed E-state index contributed by atoms with van der Waals surface area (Å²) >= 11 is 6.11. The van der Waals surface area contributed by atoms with Crippen molar-refractivity contribution in [3.63, 3.8) is 0 Å². The fourth-order valence-corrected chi connectivity index (χ4v) is 4.08. The van der Waals surface area contributed by atoms with E-state index in [0.717, 1.165) is 0 Å². The molecular formula is C23H17ClN2O5. The van der Waals surface area contributed by atoms with Gasteiger partial charge in [-0.3, -0.25) is 14.5 Å². The average Bonchev–Trinajstić information content (AvgIpc) is 3.30. The minimum atomic E-state index is -0.757. The molecule has 2 aromatic carbocycles. The van der Waals surface area contributed by atoms with Gasteiger partial charge in [-0.25, -0.2) is 0 Å². The van der Waals surface area contributed by atoms with Crippen LogP contribution in [0.5, 0.6) is 5.75 Å². The predicted molar refractivity (Wildman–Crippen MR) is 115 cm³/mol. The molecule has 0 spiro atoms. The van der Waals surface area contributed by atoms with Crippen molar-refractivity contribution in [2.45, 2.75) is 19.9 Å². The SMILES string of the molecule is CCOc1cccc([C@@H]2c3c(oc4ccc(Cl)cc4c3=O)C(=O)N2c2cc(C)on2)c1. The molecule has 0 N–H and O–H groups in total. The Morgan fingerprint density at radius 3 is 2.74 bits per heavy atom. The number of hydrogen-bond acceptors (Lipinski definition) is 6. The monoisotopic (exact) mass is 436 g/mol. The fraction of sp³-hybridized carbons (Fsp3) is 0.174. The van der Waals surface area contributed by atoms with Crippen molar-refractivity contribution >= 4 is 34.3 Å². The van der Waals surface area contributed by atoms with Crippen molar-refractivity contribution in [2.75, 3.05) is 11.5 Å². The molecule has 0 saturated heterocycles. The summed E-state index contributed by atoms with van der Waals surface area (Å²) in [5, 5.41) is 4.73. The first kappa shape index (κ1) is 19.4. The number of ether oxygens (including phenoxy) is 1. The molecule has 5 rings (SSSR count). The first-order valence-electron chi connectivity index (χ1n) is 9.74. The van der Waals surface area contributed by atoms with E-state index >= 15 is 0 Å². The molecule has 0 bridgehead atoms. The molecule has 0 radical (unpaired) electrons. The van der Waals surface area contributed by atoms with Gasteiger partial charge < -0.3 is 13.7 Å². The summed E-state index contributed by atoms with van der Waals surface area (Å²) in [4.78, 5) is 28.4. The molecular weight excluding hydrogens is 420 g/mol. The van der Waals surface area contributed by atoms with Gasteiger partial charge in [0, 0.05) is 11.1 Å². The Balaban J connectivity index is 1.80. The van der Waals surface area contributed by atoms with Crippen LogP contribution < -0.4 is 15.1 Å². The number of amides is 1. The van der Waals surface area contributed by atoms with Gasteiger partial charge >= 0.3 is 0 Å². The number of hydrogen-bond donors (Lipinski definition) is 0. The van der Waals surface area contributed by atoms with Crippen molar-refractivity contribution in [3.05, 3.63) is 86.4 Å². The Hall–Kier alpha value is -3.58. The van der Waals surface area contributed by atoms with Gasteiger partial charge in [0.05, 0.1) is 23.6 Å². The molecule has 4 aromatic rings. The number of halogens is 1. The number of anilines is 1. The molecule has 1 atom stereocenters. The van der Waals surface area contributed by atoms with E-state index in [1.807, 2.05) is 25.1 Å². The third-order valence-electron chi connectivity index (χ3n) is 5.18. The fourth-order valence-electron chi connectivity index (χ4n) is 3.90. The summed E-state index contributed by atoms with van der Waals surface area (Å²) in [7, 11) is 0. The van der Waals surface area contributed by atoms with Crippen LogP contribution in [-0.2, 0) is 0 Å². The number of rotatable bonds is 4. The highest BCUT2D eigenvalue weighted by Gasteiger charge is 2.45. The summed E-state index contributed by atoms with van der Waals surface area (Å²) in [6.07, 6.45) is 0. The minimum Gasteiger partial charge on any atom is -0.494 e. The van der Waals surface area contributed by atoms with Crippen LogP contribution in [0, 0.1) is 6.92 Å². The number of carbonyl (C=O) groups excluding carboxylic acids is 1. The average molecular weight is 437 g/mol. The minimum absolute atomic E-state index is 0.0210. The van der Waals surface area contributed by atoms with Crippen LogP contribution in [0.4, 0.5) is 5.82 Å². The summed E-state index contributed by atoms with van der Waals surface area (Å²) in [6, 6.07) is 12.9. The Morgan fingerprint density at radius 2 is 2.00 bits per heavy atom. The lowest BCUT2D eigenvalue weighted by Crippen LogP contribution is -2.29. The first-order valence-corrected chi connectivity index (χ1v) is 10.1. The number of benzene rings is 2. The molecule has 0 fully saturated rings. The van der Waals surface area contributed by atoms with Crippen LogP contribution in [0.3, 0.4) is 0 Å². The lowest BCUT2D eigenvalue weighted by Gasteiger charge is -2.22. The molecule has 7 nitrogen and oxygen atoms in total. The standard InChI is InChI=1S/C23H17ClN2O5/c1-3-29-15-6-4-5-13(10-15)20-19-21(27)16-11-14(24)7-8-17(16)30-22(19)23(28)26(20)18-9-12(2)31-25-18/h4-11,20H,3H2,1-2H3/t20-/m1/s1. The summed E-state index contributed by atoms with van der Waals surface area (Å²) < 4.78 is 16.7. The maximum absolute atomic E-state index is 13.5. The first-order chi connectivity index (χ1) is 15.0. The van der Waals surface area contributed by atoms with E-state index in [9.17, 15) is 9.59 Å². The molecule has 0 unspecified atom stereocenters. The highest BCUT2D eigenvalue weighted by molar-refractivity contribution is 6.31. The molecule has 1 aliphatic heterocycles. The maximum Gasteiger partial charge on any atom is 0.296 e. The zero-order chi connectivity index (χ0) is 21.7. The molecule has 8 heteroatoms.